The Balaban J connectivity index is 2.20. The van der Waals surface area contributed by atoms with E-state index in [1.165, 1.54) is 0 Å². The van der Waals surface area contributed by atoms with Gasteiger partial charge < -0.3 is 19.8 Å². The van der Waals surface area contributed by atoms with Gasteiger partial charge in [-0.2, -0.15) is 0 Å². The minimum atomic E-state index is 0.00639. The first-order valence-electron chi connectivity index (χ1n) is 6.73. The molecule has 0 fully saturated rings. The van der Waals surface area contributed by atoms with Crippen molar-refractivity contribution in [2.45, 2.75) is 26.8 Å². The largest absolute Gasteiger partial charge is 0.495 e. The number of halogens is 1. The van der Waals surface area contributed by atoms with Gasteiger partial charge in [-0.1, -0.05) is 23.6 Å². The van der Waals surface area contributed by atoms with Gasteiger partial charge >= 0.3 is 6.01 Å². The van der Waals surface area contributed by atoms with Crippen molar-refractivity contribution in [3.63, 3.8) is 0 Å². The molecule has 6 nitrogen and oxygen atoms in total. The van der Waals surface area contributed by atoms with Crippen molar-refractivity contribution < 1.29 is 9.15 Å². The molecule has 0 aliphatic rings. The number of aromatic nitrogens is 2. The van der Waals surface area contributed by atoms with Crippen molar-refractivity contribution >= 4 is 23.3 Å². The first kappa shape index (κ1) is 15.6. The van der Waals surface area contributed by atoms with Crippen molar-refractivity contribution in [2.75, 3.05) is 19.0 Å². The fraction of sp³-hybridized carbons (Fsp3) is 0.429. The lowest BCUT2D eigenvalue weighted by atomic mass is 10.2. The predicted octanol–water partition coefficient (Wildman–Crippen LogP) is 3.45. The number of anilines is 2. The summed E-state index contributed by atoms with van der Waals surface area (Å²) in [7, 11) is 1.58. The Morgan fingerprint density at radius 1 is 1.38 bits per heavy atom. The van der Waals surface area contributed by atoms with Gasteiger partial charge in [0, 0.05) is 11.1 Å². The Kier molecular flexibility index (Phi) is 5.03. The molecule has 0 bridgehead atoms. The third-order valence-corrected chi connectivity index (χ3v) is 3.45. The summed E-state index contributed by atoms with van der Waals surface area (Å²) in [6.45, 7) is 6.73. The Morgan fingerprint density at radius 2 is 2.14 bits per heavy atom. The summed E-state index contributed by atoms with van der Waals surface area (Å²) >= 11 is 6.08. The van der Waals surface area contributed by atoms with Crippen molar-refractivity contribution in [3.8, 4) is 5.75 Å². The van der Waals surface area contributed by atoms with E-state index in [4.69, 9.17) is 20.8 Å². The second kappa shape index (κ2) is 6.78. The molecule has 0 spiro atoms. The number of rotatable bonds is 6. The lowest BCUT2D eigenvalue weighted by Crippen LogP contribution is -2.17. The Bertz CT molecular complexity index is 615. The summed E-state index contributed by atoms with van der Waals surface area (Å²) in [5, 5.41) is 14.9. The molecule has 0 saturated carbocycles. The van der Waals surface area contributed by atoms with Gasteiger partial charge in [-0.25, -0.2) is 0 Å². The highest BCUT2D eigenvalue weighted by Gasteiger charge is 2.14. The average Bonchev–Trinajstić information content (AvgIpc) is 2.91. The predicted molar refractivity (Wildman–Crippen MR) is 82.4 cm³/mol. The van der Waals surface area contributed by atoms with Gasteiger partial charge in [0.05, 0.1) is 18.8 Å². The molecule has 0 saturated heterocycles. The SMILES string of the molecule is CCNC(C)c1nnc(Nc2cc(C)c(Cl)cc2OC)o1. The third-order valence-electron chi connectivity index (χ3n) is 3.04. The van der Waals surface area contributed by atoms with E-state index in [1.54, 1.807) is 13.2 Å². The number of aryl methyl sites for hydroxylation is 1. The quantitative estimate of drug-likeness (QED) is 0.851. The van der Waals surface area contributed by atoms with E-state index in [9.17, 15) is 0 Å². The zero-order valence-corrected chi connectivity index (χ0v) is 13.3. The Labute approximate surface area is 128 Å². The molecule has 0 aliphatic heterocycles. The van der Waals surface area contributed by atoms with Crippen LogP contribution in [-0.4, -0.2) is 23.9 Å². The molecule has 1 aromatic carbocycles. The molecule has 2 aromatic rings. The smallest absolute Gasteiger partial charge is 0.320 e. The standard InChI is InChI=1S/C14H19ClN4O2/c1-5-16-9(3)13-18-19-14(21-13)17-11-6-8(2)10(15)7-12(11)20-4/h6-7,9,16H,5H2,1-4H3,(H,17,19). The maximum absolute atomic E-state index is 6.08. The summed E-state index contributed by atoms with van der Waals surface area (Å²) in [5.74, 6) is 1.15. The highest BCUT2D eigenvalue weighted by Crippen LogP contribution is 2.32. The number of nitrogens with one attached hydrogen (secondary N) is 2. The van der Waals surface area contributed by atoms with Crippen LogP contribution < -0.4 is 15.4 Å². The molecule has 0 aliphatic carbocycles. The average molecular weight is 311 g/mol. The molecule has 1 unspecified atom stereocenters. The monoisotopic (exact) mass is 310 g/mol. The number of methoxy groups -OCH3 is 1. The van der Waals surface area contributed by atoms with Crippen LogP contribution in [0.3, 0.4) is 0 Å². The van der Waals surface area contributed by atoms with E-state index in [1.807, 2.05) is 26.8 Å². The summed E-state index contributed by atoms with van der Waals surface area (Å²) in [5.41, 5.74) is 1.66. The number of benzene rings is 1. The Morgan fingerprint density at radius 3 is 2.81 bits per heavy atom. The van der Waals surface area contributed by atoms with Crippen molar-refractivity contribution in [1.29, 1.82) is 0 Å². The van der Waals surface area contributed by atoms with Crippen molar-refractivity contribution in [2.24, 2.45) is 0 Å². The highest BCUT2D eigenvalue weighted by molar-refractivity contribution is 6.31. The van der Waals surface area contributed by atoms with Gasteiger partial charge in [0.1, 0.15) is 5.75 Å². The lowest BCUT2D eigenvalue weighted by Gasteiger charge is -2.10. The van der Waals surface area contributed by atoms with Crippen molar-refractivity contribution in [3.05, 3.63) is 28.6 Å². The molecule has 2 rings (SSSR count). The molecule has 21 heavy (non-hydrogen) atoms. The van der Waals surface area contributed by atoms with E-state index in [0.717, 1.165) is 17.8 Å². The second-order valence-electron chi connectivity index (χ2n) is 4.65. The molecule has 114 valence electrons. The van der Waals surface area contributed by atoms with Gasteiger partial charge in [-0.05, 0) is 32.0 Å². The van der Waals surface area contributed by atoms with Crippen LogP contribution in [-0.2, 0) is 0 Å². The van der Waals surface area contributed by atoms with E-state index >= 15 is 0 Å². The third kappa shape index (κ3) is 3.65. The first-order chi connectivity index (χ1) is 10.0. The minimum Gasteiger partial charge on any atom is -0.495 e. The van der Waals surface area contributed by atoms with E-state index < -0.39 is 0 Å². The number of hydrogen-bond acceptors (Lipinski definition) is 6. The van der Waals surface area contributed by atoms with Gasteiger partial charge in [0.15, 0.2) is 0 Å². The normalized spacial score (nSPS) is 12.2. The zero-order chi connectivity index (χ0) is 15.4. The van der Waals surface area contributed by atoms with Crippen LogP contribution in [0.2, 0.25) is 5.02 Å². The van der Waals surface area contributed by atoms with Crippen LogP contribution in [0.1, 0.15) is 31.3 Å². The fourth-order valence-corrected chi connectivity index (χ4v) is 2.05. The molecule has 1 heterocycles. The molecule has 2 N–H and O–H groups in total. The molecule has 1 atom stereocenters. The van der Waals surface area contributed by atoms with Gasteiger partial charge in [0.25, 0.3) is 0 Å². The lowest BCUT2D eigenvalue weighted by molar-refractivity contribution is 0.415. The van der Waals surface area contributed by atoms with E-state index in [2.05, 4.69) is 20.8 Å². The summed E-state index contributed by atoms with van der Waals surface area (Å²) < 4.78 is 10.9. The van der Waals surface area contributed by atoms with Crippen LogP contribution in [0.15, 0.2) is 16.5 Å². The van der Waals surface area contributed by atoms with Crippen LogP contribution in [0.5, 0.6) is 5.75 Å². The van der Waals surface area contributed by atoms with Crippen LogP contribution in [0.25, 0.3) is 0 Å². The van der Waals surface area contributed by atoms with Gasteiger partial charge in [0.2, 0.25) is 5.89 Å². The van der Waals surface area contributed by atoms with Crippen molar-refractivity contribution in [1.82, 2.24) is 15.5 Å². The van der Waals surface area contributed by atoms with Gasteiger partial charge in [-0.3, -0.25) is 0 Å². The first-order valence-corrected chi connectivity index (χ1v) is 7.10. The van der Waals surface area contributed by atoms with Gasteiger partial charge in [-0.15, -0.1) is 5.10 Å². The summed E-state index contributed by atoms with van der Waals surface area (Å²) in [6.07, 6.45) is 0. The molecule has 7 heteroatoms. The number of ether oxygens (including phenoxy) is 1. The second-order valence-corrected chi connectivity index (χ2v) is 5.06. The Hall–Kier alpha value is -1.79. The maximum atomic E-state index is 6.08. The molecular weight excluding hydrogens is 292 g/mol. The topological polar surface area (TPSA) is 72.2 Å². The number of hydrogen-bond donors (Lipinski definition) is 2. The molecule has 1 aromatic heterocycles. The minimum absolute atomic E-state index is 0.00639. The van der Waals surface area contributed by atoms with Crippen LogP contribution in [0.4, 0.5) is 11.7 Å². The highest BCUT2D eigenvalue weighted by atomic mass is 35.5. The van der Waals surface area contributed by atoms with Crippen LogP contribution in [0, 0.1) is 6.92 Å². The number of nitrogens with zero attached hydrogens (tertiary/aromatic N) is 2. The summed E-state index contributed by atoms with van der Waals surface area (Å²) in [4.78, 5) is 0. The zero-order valence-electron chi connectivity index (χ0n) is 12.5. The van der Waals surface area contributed by atoms with E-state index in [0.29, 0.717) is 22.7 Å². The molecule has 0 amide bonds. The molecular formula is C14H19ClN4O2. The van der Waals surface area contributed by atoms with Crippen LogP contribution >= 0.6 is 11.6 Å². The summed E-state index contributed by atoms with van der Waals surface area (Å²) in [6, 6.07) is 3.94. The maximum Gasteiger partial charge on any atom is 0.320 e. The molecule has 0 radical (unpaired) electrons. The fourth-order valence-electron chi connectivity index (χ4n) is 1.90. The van der Waals surface area contributed by atoms with E-state index in [-0.39, 0.29) is 6.04 Å².